The summed E-state index contributed by atoms with van der Waals surface area (Å²) in [6.07, 6.45) is 4.06. The highest BCUT2D eigenvalue weighted by Crippen LogP contribution is 2.25. The van der Waals surface area contributed by atoms with Crippen LogP contribution in [0.2, 0.25) is 0 Å². The molecule has 1 fully saturated rings. The average Bonchev–Trinajstić information content (AvgIpc) is 2.33. The lowest BCUT2D eigenvalue weighted by Gasteiger charge is -2.33. The Hall–Kier alpha value is -0.610. The molecule has 1 saturated carbocycles. The summed E-state index contributed by atoms with van der Waals surface area (Å²) >= 11 is 0. The zero-order valence-electron chi connectivity index (χ0n) is 13.1. The molecule has 112 valence electrons. The van der Waals surface area contributed by atoms with Crippen molar-refractivity contribution >= 4 is 5.91 Å². The van der Waals surface area contributed by atoms with Gasteiger partial charge in [-0.2, -0.15) is 0 Å². The molecule has 0 aromatic carbocycles. The zero-order valence-corrected chi connectivity index (χ0v) is 13.1. The van der Waals surface area contributed by atoms with Gasteiger partial charge in [-0.1, -0.05) is 20.3 Å². The number of hydrogen-bond acceptors (Lipinski definition) is 3. The van der Waals surface area contributed by atoms with Crippen LogP contribution < -0.4 is 5.73 Å². The van der Waals surface area contributed by atoms with Crippen LogP contribution in [0.15, 0.2) is 0 Å². The van der Waals surface area contributed by atoms with Gasteiger partial charge >= 0.3 is 0 Å². The largest absolute Gasteiger partial charge is 0.341 e. The summed E-state index contributed by atoms with van der Waals surface area (Å²) < 4.78 is 0. The summed E-state index contributed by atoms with van der Waals surface area (Å²) in [7, 11) is 4.10. The van der Waals surface area contributed by atoms with E-state index in [4.69, 9.17) is 5.73 Å². The van der Waals surface area contributed by atoms with E-state index in [1.165, 1.54) is 0 Å². The second kappa shape index (κ2) is 7.85. The summed E-state index contributed by atoms with van der Waals surface area (Å²) in [5.74, 6) is 0.999. The molecule has 2 atom stereocenters. The Kier molecular flexibility index (Phi) is 6.80. The highest BCUT2D eigenvalue weighted by Gasteiger charge is 2.29. The van der Waals surface area contributed by atoms with Crippen LogP contribution >= 0.6 is 0 Å². The molecule has 0 aromatic rings. The molecule has 2 unspecified atom stereocenters. The third-order valence-electron chi connectivity index (χ3n) is 3.78. The van der Waals surface area contributed by atoms with Crippen LogP contribution in [-0.4, -0.2) is 55.5 Å². The minimum Gasteiger partial charge on any atom is -0.341 e. The first-order valence-electron chi connectivity index (χ1n) is 7.59. The fourth-order valence-corrected chi connectivity index (χ4v) is 2.76. The molecule has 0 bridgehead atoms. The van der Waals surface area contributed by atoms with Crippen molar-refractivity contribution in [3.8, 4) is 0 Å². The van der Waals surface area contributed by atoms with Gasteiger partial charge in [0.25, 0.3) is 0 Å². The second-order valence-electron chi connectivity index (χ2n) is 6.60. The first-order chi connectivity index (χ1) is 8.90. The van der Waals surface area contributed by atoms with Crippen LogP contribution in [0.5, 0.6) is 0 Å². The molecule has 4 heteroatoms. The van der Waals surface area contributed by atoms with Gasteiger partial charge in [0.05, 0.1) is 0 Å². The van der Waals surface area contributed by atoms with Gasteiger partial charge in [-0.15, -0.1) is 0 Å². The summed E-state index contributed by atoms with van der Waals surface area (Å²) in [4.78, 5) is 16.8. The maximum atomic E-state index is 12.6. The molecule has 0 aromatic heterocycles. The predicted molar refractivity (Wildman–Crippen MR) is 79.9 cm³/mol. The van der Waals surface area contributed by atoms with E-state index in [2.05, 4.69) is 32.8 Å². The molecule has 0 spiro atoms. The molecule has 1 amide bonds. The minimum absolute atomic E-state index is 0.157. The number of nitrogens with zero attached hydrogens (tertiary/aromatic N) is 2. The van der Waals surface area contributed by atoms with Crippen molar-refractivity contribution in [2.45, 2.75) is 45.6 Å². The monoisotopic (exact) mass is 269 g/mol. The number of carbonyl (C=O) groups is 1. The predicted octanol–water partition coefficient (Wildman–Crippen LogP) is 1.55. The van der Waals surface area contributed by atoms with Crippen LogP contribution in [0.1, 0.15) is 39.5 Å². The van der Waals surface area contributed by atoms with Gasteiger partial charge < -0.3 is 15.5 Å². The molecule has 19 heavy (non-hydrogen) atoms. The van der Waals surface area contributed by atoms with Gasteiger partial charge in [0.15, 0.2) is 0 Å². The smallest absolute Gasteiger partial charge is 0.225 e. The maximum absolute atomic E-state index is 12.6. The maximum Gasteiger partial charge on any atom is 0.225 e. The molecular weight excluding hydrogens is 238 g/mol. The van der Waals surface area contributed by atoms with Crippen molar-refractivity contribution in [3.05, 3.63) is 0 Å². The van der Waals surface area contributed by atoms with Gasteiger partial charge in [0, 0.05) is 31.6 Å². The third kappa shape index (κ3) is 5.91. The molecule has 1 aliphatic carbocycles. The van der Waals surface area contributed by atoms with E-state index in [0.29, 0.717) is 11.8 Å². The molecule has 1 rings (SSSR count). The van der Waals surface area contributed by atoms with Crippen molar-refractivity contribution in [1.82, 2.24) is 9.80 Å². The molecule has 2 N–H and O–H groups in total. The highest BCUT2D eigenvalue weighted by molar-refractivity contribution is 5.79. The number of likely N-dealkylation sites (N-methyl/N-ethyl adjacent to an activating group) is 1. The SMILES string of the molecule is CC(C)CN(CCN(C)C)C(=O)C1CCCC(N)C1. The summed E-state index contributed by atoms with van der Waals surface area (Å²) in [6.45, 7) is 6.95. The Morgan fingerprint density at radius 3 is 2.47 bits per heavy atom. The van der Waals surface area contributed by atoms with Gasteiger partial charge in [-0.25, -0.2) is 0 Å². The van der Waals surface area contributed by atoms with Crippen molar-refractivity contribution in [3.63, 3.8) is 0 Å². The lowest BCUT2D eigenvalue weighted by Crippen LogP contribution is -2.44. The van der Waals surface area contributed by atoms with E-state index in [-0.39, 0.29) is 12.0 Å². The fraction of sp³-hybridized carbons (Fsp3) is 0.933. The van der Waals surface area contributed by atoms with Crippen molar-refractivity contribution in [2.24, 2.45) is 17.6 Å². The Morgan fingerprint density at radius 1 is 1.26 bits per heavy atom. The third-order valence-corrected chi connectivity index (χ3v) is 3.78. The number of hydrogen-bond donors (Lipinski definition) is 1. The molecule has 0 saturated heterocycles. The first kappa shape index (κ1) is 16.4. The van der Waals surface area contributed by atoms with Crippen LogP contribution in [-0.2, 0) is 4.79 Å². The van der Waals surface area contributed by atoms with E-state index in [9.17, 15) is 4.79 Å². The van der Waals surface area contributed by atoms with Gasteiger partial charge in [0.2, 0.25) is 5.91 Å². The molecule has 0 aliphatic heterocycles. The van der Waals surface area contributed by atoms with E-state index < -0.39 is 0 Å². The molecule has 4 nitrogen and oxygen atoms in total. The van der Waals surface area contributed by atoms with Crippen LogP contribution in [0, 0.1) is 11.8 Å². The molecule has 1 aliphatic rings. The second-order valence-corrected chi connectivity index (χ2v) is 6.60. The van der Waals surface area contributed by atoms with Crippen molar-refractivity contribution in [2.75, 3.05) is 33.7 Å². The van der Waals surface area contributed by atoms with Crippen molar-refractivity contribution < 1.29 is 4.79 Å². The van der Waals surface area contributed by atoms with E-state index >= 15 is 0 Å². The van der Waals surface area contributed by atoms with E-state index in [0.717, 1.165) is 45.3 Å². The first-order valence-corrected chi connectivity index (χ1v) is 7.59. The molecular formula is C15H31N3O. The Bertz CT molecular complexity index is 279. The molecule has 0 heterocycles. The number of carbonyl (C=O) groups excluding carboxylic acids is 1. The van der Waals surface area contributed by atoms with Crippen LogP contribution in [0.25, 0.3) is 0 Å². The Labute approximate surface area is 118 Å². The van der Waals surface area contributed by atoms with Gasteiger partial charge in [-0.05, 0) is 39.3 Å². The fourth-order valence-electron chi connectivity index (χ4n) is 2.76. The van der Waals surface area contributed by atoms with E-state index in [1.54, 1.807) is 0 Å². The quantitative estimate of drug-likeness (QED) is 0.796. The lowest BCUT2D eigenvalue weighted by atomic mass is 9.85. The average molecular weight is 269 g/mol. The Morgan fingerprint density at radius 2 is 1.95 bits per heavy atom. The number of amides is 1. The van der Waals surface area contributed by atoms with Crippen molar-refractivity contribution in [1.29, 1.82) is 0 Å². The van der Waals surface area contributed by atoms with Crippen LogP contribution in [0.3, 0.4) is 0 Å². The Balaban J connectivity index is 2.58. The van der Waals surface area contributed by atoms with E-state index in [1.807, 2.05) is 4.90 Å². The lowest BCUT2D eigenvalue weighted by molar-refractivity contribution is -0.137. The highest BCUT2D eigenvalue weighted by atomic mass is 16.2. The normalized spacial score (nSPS) is 23.9. The topological polar surface area (TPSA) is 49.6 Å². The minimum atomic E-state index is 0.157. The molecule has 0 radical (unpaired) electrons. The number of nitrogens with two attached hydrogens (primary N) is 1. The summed E-state index contributed by atoms with van der Waals surface area (Å²) in [6, 6.07) is 0.220. The standard InChI is InChI=1S/C15H31N3O/c1-12(2)11-18(9-8-17(3)4)15(19)13-6-5-7-14(16)10-13/h12-14H,5-11,16H2,1-4H3. The zero-order chi connectivity index (χ0) is 14.4. The number of rotatable bonds is 6. The van der Waals surface area contributed by atoms with Crippen LogP contribution in [0.4, 0.5) is 0 Å². The summed E-state index contributed by atoms with van der Waals surface area (Å²) in [5, 5.41) is 0. The van der Waals surface area contributed by atoms with Gasteiger partial charge in [-0.3, -0.25) is 4.79 Å². The summed E-state index contributed by atoms with van der Waals surface area (Å²) in [5.41, 5.74) is 6.01. The van der Waals surface area contributed by atoms with Gasteiger partial charge in [0.1, 0.15) is 0 Å².